The molecule has 0 saturated carbocycles. The van der Waals surface area contributed by atoms with Crippen LogP contribution in [0.3, 0.4) is 0 Å². The third-order valence-corrected chi connectivity index (χ3v) is 5.02. The number of ether oxygens (including phenoxy) is 1. The van der Waals surface area contributed by atoms with Crippen molar-refractivity contribution in [2.24, 2.45) is 5.73 Å². The van der Waals surface area contributed by atoms with Crippen LogP contribution in [0.2, 0.25) is 0 Å². The molecule has 11 heteroatoms. The first-order chi connectivity index (χ1) is 15.8. The summed E-state index contributed by atoms with van der Waals surface area (Å²) in [7, 11) is 0. The van der Waals surface area contributed by atoms with Crippen LogP contribution < -0.4 is 15.8 Å². The summed E-state index contributed by atoms with van der Waals surface area (Å²) in [4.78, 5) is 61.6. The second-order valence-corrected chi connectivity index (χ2v) is 7.04. The zero-order valence-corrected chi connectivity index (χ0v) is 17.1. The van der Waals surface area contributed by atoms with Gasteiger partial charge in [-0.3, -0.25) is 24.1 Å². The van der Waals surface area contributed by atoms with Crippen molar-refractivity contribution in [3.05, 3.63) is 64.7 Å². The molecule has 0 aliphatic carbocycles. The van der Waals surface area contributed by atoms with Crippen molar-refractivity contribution in [1.29, 1.82) is 0 Å². The smallest absolute Gasteiger partial charge is 0.387 e. The maximum Gasteiger partial charge on any atom is 0.387 e. The average Bonchev–Trinajstić information content (AvgIpc) is 3.03. The first-order valence-corrected chi connectivity index (χ1v) is 9.81. The Morgan fingerprint density at radius 2 is 1.82 bits per heavy atom. The summed E-state index contributed by atoms with van der Waals surface area (Å²) >= 11 is 0. The third-order valence-electron chi connectivity index (χ3n) is 5.02. The predicted octanol–water partition coefficient (Wildman–Crippen LogP) is 1.65. The number of carbonyl (C=O) groups excluding carboxylic acids is 5. The molecule has 0 saturated heterocycles. The second-order valence-electron chi connectivity index (χ2n) is 7.04. The van der Waals surface area contributed by atoms with E-state index in [0.717, 1.165) is 0 Å². The number of para-hydroxylation sites is 1. The molecule has 33 heavy (non-hydrogen) atoms. The topological polar surface area (TPSA) is 136 Å². The van der Waals surface area contributed by atoms with E-state index in [2.05, 4.69) is 10.1 Å². The second kappa shape index (κ2) is 9.98. The van der Waals surface area contributed by atoms with Gasteiger partial charge in [0.05, 0.1) is 16.7 Å². The number of nitrogens with one attached hydrogen (secondary N) is 1. The highest BCUT2D eigenvalue weighted by Crippen LogP contribution is 2.29. The predicted molar refractivity (Wildman–Crippen MR) is 109 cm³/mol. The zero-order chi connectivity index (χ0) is 24.1. The highest BCUT2D eigenvalue weighted by molar-refractivity contribution is 6.23. The molecule has 2 aromatic rings. The van der Waals surface area contributed by atoms with Crippen LogP contribution in [0.1, 0.15) is 49.5 Å². The number of nitrogens with two attached hydrogens (primary N) is 1. The maximum absolute atomic E-state index is 13.0. The first kappa shape index (κ1) is 23.5. The fraction of sp³-hybridized carbons (Fsp3) is 0.227. The Balaban J connectivity index is 1.84. The lowest BCUT2D eigenvalue weighted by Gasteiger charge is -2.22. The lowest BCUT2D eigenvalue weighted by Crippen LogP contribution is -2.47. The number of fused-ring (bicyclic) bond motifs is 1. The van der Waals surface area contributed by atoms with E-state index in [0.29, 0.717) is 11.2 Å². The number of carbonyl (C=O) groups is 5. The summed E-state index contributed by atoms with van der Waals surface area (Å²) < 4.78 is 29.6. The Morgan fingerprint density at radius 1 is 1.09 bits per heavy atom. The van der Waals surface area contributed by atoms with Crippen LogP contribution in [0.4, 0.5) is 8.78 Å². The maximum atomic E-state index is 13.0. The molecule has 1 aliphatic rings. The Morgan fingerprint density at radius 3 is 2.48 bits per heavy atom. The highest BCUT2D eigenvalue weighted by Gasteiger charge is 2.43. The molecule has 0 fully saturated rings. The van der Waals surface area contributed by atoms with Gasteiger partial charge in [-0.15, -0.1) is 0 Å². The van der Waals surface area contributed by atoms with Crippen molar-refractivity contribution >= 4 is 29.9 Å². The van der Waals surface area contributed by atoms with E-state index < -0.39 is 36.3 Å². The van der Waals surface area contributed by atoms with Crippen LogP contribution in [0.15, 0.2) is 42.5 Å². The number of benzene rings is 2. The minimum absolute atomic E-state index is 0.0164. The fourth-order valence-electron chi connectivity index (χ4n) is 3.55. The molecule has 0 spiro atoms. The van der Waals surface area contributed by atoms with Gasteiger partial charge in [-0.25, -0.2) is 0 Å². The van der Waals surface area contributed by atoms with E-state index in [1.54, 1.807) is 0 Å². The Labute approximate surface area is 186 Å². The minimum atomic E-state index is -3.12. The van der Waals surface area contributed by atoms with E-state index in [9.17, 15) is 32.8 Å². The van der Waals surface area contributed by atoms with Crippen molar-refractivity contribution in [3.8, 4) is 5.75 Å². The molecule has 1 atom stereocenters. The quantitative estimate of drug-likeness (QED) is 0.410. The number of imide groups is 1. The molecule has 0 bridgehead atoms. The molecule has 172 valence electrons. The molecule has 2 aromatic carbocycles. The summed E-state index contributed by atoms with van der Waals surface area (Å²) in [5.74, 6) is -3.51. The number of hydrogen-bond acceptors (Lipinski definition) is 6. The van der Waals surface area contributed by atoms with Gasteiger partial charge in [0.25, 0.3) is 17.7 Å². The van der Waals surface area contributed by atoms with Crippen molar-refractivity contribution in [2.45, 2.75) is 32.0 Å². The fourth-order valence-corrected chi connectivity index (χ4v) is 3.55. The Hall–Kier alpha value is -4.15. The number of nitrogens with zero attached hydrogens (tertiary/aromatic N) is 1. The molecule has 3 N–H and O–H groups in total. The highest BCUT2D eigenvalue weighted by atomic mass is 19.3. The van der Waals surface area contributed by atoms with Crippen LogP contribution >= 0.6 is 0 Å². The van der Waals surface area contributed by atoms with Gasteiger partial charge in [0.2, 0.25) is 5.91 Å². The van der Waals surface area contributed by atoms with Crippen LogP contribution in [-0.4, -0.2) is 47.5 Å². The molecule has 1 aliphatic heterocycles. The summed E-state index contributed by atoms with van der Waals surface area (Å²) in [5.41, 5.74) is 5.47. The van der Waals surface area contributed by atoms with Crippen molar-refractivity contribution in [3.63, 3.8) is 0 Å². The number of amides is 4. The normalized spacial score (nSPS) is 13.6. The molecule has 4 amide bonds. The average molecular weight is 459 g/mol. The molecule has 1 unspecified atom stereocenters. The monoisotopic (exact) mass is 459 g/mol. The first-order valence-electron chi connectivity index (χ1n) is 9.81. The SMILES string of the molecule is NC(=O)C(CCC=O)N1C(=O)c2cccc(CNC(=O)c3ccccc3OC(F)F)c2C1=O. The number of alkyl halides is 2. The van der Waals surface area contributed by atoms with Crippen LogP contribution in [0, 0.1) is 0 Å². The Bertz CT molecular complexity index is 1120. The van der Waals surface area contributed by atoms with Gasteiger partial charge in [-0.05, 0) is 30.2 Å². The number of halogens is 2. The summed E-state index contributed by atoms with van der Waals surface area (Å²) in [6, 6.07) is 8.49. The lowest BCUT2D eigenvalue weighted by atomic mass is 10.0. The molecular formula is C22H19F2N3O6. The van der Waals surface area contributed by atoms with Crippen LogP contribution in [0.5, 0.6) is 5.75 Å². The van der Waals surface area contributed by atoms with Gasteiger partial charge in [-0.2, -0.15) is 8.78 Å². The van der Waals surface area contributed by atoms with Gasteiger partial charge in [0, 0.05) is 13.0 Å². The molecule has 0 radical (unpaired) electrons. The molecule has 1 heterocycles. The van der Waals surface area contributed by atoms with Gasteiger partial charge < -0.3 is 20.6 Å². The van der Waals surface area contributed by atoms with E-state index >= 15 is 0 Å². The number of aldehydes is 1. The molecular weight excluding hydrogens is 440 g/mol. The number of hydrogen-bond donors (Lipinski definition) is 2. The number of primary amides is 1. The number of rotatable bonds is 10. The summed E-state index contributed by atoms with van der Waals surface area (Å²) in [5, 5.41) is 2.51. The largest absolute Gasteiger partial charge is 0.434 e. The van der Waals surface area contributed by atoms with E-state index in [1.165, 1.54) is 42.5 Å². The molecule has 9 nitrogen and oxygen atoms in total. The lowest BCUT2D eigenvalue weighted by molar-refractivity contribution is -0.122. The van der Waals surface area contributed by atoms with Crippen molar-refractivity contribution in [2.75, 3.05) is 0 Å². The Kier molecular flexibility index (Phi) is 7.11. The summed E-state index contributed by atoms with van der Waals surface area (Å²) in [6.45, 7) is -3.34. The van der Waals surface area contributed by atoms with E-state index in [-0.39, 0.29) is 47.4 Å². The van der Waals surface area contributed by atoms with E-state index in [4.69, 9.17) is 5.73 Å². The van der Waals surface area contributed by atoms with E-state index in [1.807, 2.05) is 0 Å². The van der Waals surface area contributed by atoms with Gasteiger partial charge in [0.15, 0.2) is 0 Å². The third kappa shape index (κ3) is 4.86. The van der Waals surface area contributed by atoms with Crippen molar-refractivity contribution < 1.29 is 37.5 Å². The van der Waals surface area contributed by atoms with Crippen LogP contribution in [-0.2, 0) is 16.1 Å². The molecule has 0 aromatic heterocycles. The van der Waals surface area contributed by atoms with Crippen molar-refractivity contribution in [1.82, 2.24) is 10.2 Å². The van der Waals surface area contributed by atoms with Crippen LogP contribution in [0.25, 0.3) is 0 Å². The van der Waals surface area contributed by atoms with Gasteiger partial charge in [-0.1, -0.05) is 24.3 Å². The van der Waals surface area contributed by atoms with Gasteiger partial charge in [0.1, 0.15) is 18.1 Å². The minimum Gasteiger partial charge on any atom is -0.434 e. The molecule has 3 rings (SSSR count). The van der Waals surface area contributed by atoms with Gasteiger partial charge >= 0.3 is 6.61 Å². The standard InChI is InChI=1S/C22H19F2N3O6/c23-22(24)33-16-9-2-1-6-13(16)19(30)26-11-12-5-3-7-14-17(12)21(32)27(20(14)31)15(18(25)29)8-4-10-28/h1-3,5-7,9-10,15,22H,4,8,11H2,(H2,25,29)(H,26,30). The zero-order valence-electron chi connectivity index (χ0n) is 17.1. The summed E-state index contributed by atoms with van der Waals surface area (Å²) in [6.07, 6.45) is 0.353.